The summed E-state index contributed by atoms with van der Waals surface area (Å²) >= 11 is 5.99. The van der Waals surface area contributed by atoms with Crippen LogP contribution in [0.5, 0.6) is 0 Å². The Kier molecular flexibility index (Phi) is 4.61. The Morgan fingerprint density at radius 3 is 2.70 bits per heavy atom. The second-order valence-corrected chi connectivity index (χ2v) is 6.76. The summed E-state index contributed by atoms with van der Waals surface area (Å²) in [5.74, 6) is -0.855. The van der Waals surface area contributed by atoms with Gasteiger partial charge >= 0.3 is 0 Å². The molecule has 138 valence electrons. The fourth-order valence-electron chi connectivity index (χ4n) is 3.20. The molecule has 8 heteroatoms. The van der Waals surface area contributed by atoms with Crippen LogP contribution < -0.4 is 0 Å². The minimum atomic E-state index is -0.686. The Morgan fingerprint density at radius 1 is 1.19 bits per heavy atom. The van der Waals surface area contributed by atoms with Crippen LogP contribution >= 0.6 is 11.6 Å². The van der Waals surface area contributed by atoms with Gasteiger partial charge in [0.1, 0.15) is 17.7 Å². The van der Waals surface area contributed by atoms with Crippen LogP contribution in [0.15, 0.2) is 47.0 Å². The monoisotopic (exact) mass is 389 g/mol. The fourth-order valence-corrected chi connectivity index (χ4v) is 3.39. The number of carbonyl (C=O) groups is 1. The van der Waals surface area contributed by atoms with Crippen molar-refractivity contribution in [3.05, 3.63) is 70.6 Å². The van der Waals surface area contributed by atoms with Gasteiger partial charge < -0.3 is 9.42 Å². The molecule has 27 heavy (non-hydrogen) atoms. The van der Waals surface area contributed by atoms with Crippen LogP contribution in [0.1, 0.15) is 30.3 Å². The van der Waals surface area contributed by atoms with Gasteiger partial charge in [0.05, 0.1) is 0 Å². The normalized spacial score (nSPS) is 16.9. The first-order valence-corrected chi connectivity index (χ1v) is 8.71. The molecule has 5 nitrogen and oxygen atoms in total. The number of nitrogens with zero attached hydrogens (tertiary/aromatic N) is 3. The molecular formula is C19H14ClF2N3O2. The van der Waals surface area contributed by atoms with E-state index in [1.165, 1.54) is 17.0 Å². The van der Waals surface area contributed by atoms with Crippen LogP contribution in [0.3, 0.4) is 0 Å². The highest BCUT2D eigenvalue weighted by Gasteiger charge is 2.36. The number of amides is 1. The molecule has 0 N–H and O–H groups in total. The zero-order valence-corrected chi connectivity index (χ0v) is 14.8. The first kappa shape index (κ1) is 17.6. The molecule has 1 aromatic heterocycles. The van der Waals surface area contributed by atoms with Crippen LogP contribution in [-0.4, -0.2) is 20.9 Å². The quantitative estimate of drug-likeness (QED) is 0.657. The molecular weight excluding hydrogens is 376 g/mol. The number of aromatic nitrogens is 2. The SMILES string of the molecule is O=C1CCC(c2nc(-c3cccc(Cl)c3)no2)N1Cc1cc(F)cc(F)c1. The predicted octanol–water partition coefficient (Wildman–Crippen LogP) is 4.53. The second kappa shape index (κ2) is 7.08. The van der Waals surface area contributed by atoms with Gasteiger partial charge in [0.15, 0.2) is 0 Å². The van der Waals surface area contributed by atoms with Gasteiger partial charge in [-0.3, -0.25) is 4.79 Å². The fraction of sp³-hybridized carbons (Fsp3) is 0.211. The maximum absolute atomic E-state index is 13.4. The summed E-state index contributed by atoms with van der Waals surface area (Å²) in [6.45, 7) is 0.0626. The topological polar surface area (TPSA) is 59.2 Å². The summed E-state index contributed by atoms with van der Waals surface area (Å²) in [6.07, 6.45) is 0.797. The number of carbonyl (C=O) groups excluding carboxylic acids is 1. The highest BCUT2D eigenvalue weighted by atomic mass is 35.5. The Labute approximate surface area is 158 Å². The smallest absolute Gasteiger partial charge is 0.249 e. The largest absolute Gasteiger partial charge is 0.337 e. The third kappa shape index (κ3) is 3.68. The number of benzene rings is 2. The average Bonchev–Trinajstić information content (AvgIpc) is 3.22. The van der Waals surface area contributed by atoms with Crippen LogP contribution in [0.2, 0.25) is 5.02 Å². The van der Waals surface area contributed by atoms with E-state index in [9.17, 15) is 13.6 Å². The molecule has 2 heterocycles. The number of halogens is 3. The van der Waals surface area contributed by atoms with Gasteiger partial charge in [0.25, 0.3) is 0 Å². The molecule has 0 radical (unpaired) electrons. The van der Waals surface area contributed by atoms with Gasteiger partial charge in [-0.05, 0) is 36.2 Å². The molecule has 2 aromatic carbocycles. The summed E-state index contributed by atoms with van der Waals surface area (Å²) in [5, 5.41) is 4.51. The Hall–Kier alpha value is -2.80. The lowest BCUT2D eigenvalue weighted by Crippen LogP contribution is -2.27. The van der Waals surface area contributed by atoms with Crippen molar-refractivity contribution in [3.8, 4) is 11.4 Å². The Bertz CT molecular complexity index is 988. The van der Waals surface area contributed by atoms with Gasteiger partial charge in [0, 0.05) is 29.6 Å². The molecule has 3 aromatic rings. The number of rotatable bonds is 4. The van der Waals surface area contributed by atoms with E-state index in [4.69, 9.17) is 16.1 Å². The Morgan fingerprint density at radius 2 is 1.96 bits per heavy atom. The minimum Gasteiger partial charge on any atom is -0.337 e. The van der Waals surface area contributed by atoms with Crippen molar-refractivity contribution in [1.29, 1.82) is 0 Å². The third-order valence-electron chi connectivity index (χ3n) is 4.41. The average molecular weight is 390 g/mol. The molecule has 0 bridgehead atoms. The van der Waals surface area contributed by atoms with Crippen molar-refractivity contribution in [2.24, 2.45) is 0 Å². The summed E-state index contributed by atoms with van der Waals surface area (Å²) < 4.78 is 32.3. The van der Waals surface area contributed by atoms with E-state index < -0.39 is 17.7 Å². The number of hydrogen-bond acceptors (Lipinski definition) is 4. The lowest BCUT2D eigenvalue weighted by atomic mass is 10.1. The van der Waals surface area contributed by atoms with E-state index in [-0.39, 0.29) is 18.3 Å². The van der Waals surface area contributed by atoms with Crippen LogP contribution in [0, 0.1) is 11.6 Å². The van der Waals surface area contributed by atoms with Crippen molar-refractivity contribution in [3.63, 3.8) is 0 Å². The molecule has 1 atom stereocenters. The first-order chi connectivity index (χ1) is 13.0. The highest BCUT2D eigenvalue weighted by molar-refractivity contribution is 6.30. The summed E-state index contributed by atoms with van der Waals surface area (Å²) in [6, 6.07) is 9.79. The number of likely N-dealkylation sites (tertiary alicyclic amines) is 1. The van der Waals surface area contributed by atoms with Gasteiger partial charge in [-0.1, -0.05) is 28.9 Å². The molecule has 0 aliphatic carbocycles. The van der Waals surface area contributed by atoms with Crippen molar-refractivity contribution in [1.82, 2.24) is 15.0 Å². The van der Waals surface area contributed by atoms with E-state index in [0.29, 0.717) is 34.8 Å². The minimum absolute atomic E-state index is 0.0626. The molecule has 1 aliphatic rings. The zero-order chi connectivity index (χ0) is 19.0. The summed E-state index contributed by atoms with van der Waals surface area (Å²) in [7, 11) is 0. The van der Waals surface area contributed by atoms with Crippen molar-refractivity contribution in [2.75, 3.05) is 0 Å². The van der Waals surface area contributed by atoms with Gasteiger partial charge in [-0.25, -0.2) is 8.78 Å². The maximum Gasteiger partial charge on any atom is 0.249 e. The highest BCUT2D eigenvalue weighted by Crippen LogP contribution is 2.34. The van der Waals surface area contributed by atoms with Crippen molar-refractivity contribution >= 4 is 17.5 Å². The van der Waals surface area contributed by atoms with Crippen LogP contribution in [-0.2, 0) is 11.3 Å². The molecule has 4 rings (SSSR count). The molecule has 0 spiro atoms. The van der Waals surface area contributed by atoms with Gasteiger partial charge in [-0.15, -0.1) is 0 Å². The van der Waals surface area contributed by atoms with Gasteiger partial charge in [-0.2, -0.15) is 4.98 Å². The van der Waals surface area contributed by atoms with E-state index in [2.05, 4.69) is 10.1 Å². The Balaban J connectivity index is 1.60. The van der Waals surface area contributed by atoms with Crippen molar-refractivity contribution < 1.29 is 18.1 Å². The molecule has 1 fully saturated rings. The third-order valence-corrected chi connectivity index (χ3v) is 4.65. The van der Waals surface area contributed by atoms with E-state index >= 15 is 0 Å². The summed E-state index contributed by atoms with van der Waals surface area (Å²) in [4.78, 5) is 18.2. The van der Waals surface area contributed by atoms with E-state index in [1.54, 1.807) is 24.3 Å². The molecule has 1 unspecified atom stereocenters. The lowest BCUT2D eigenvalue weighted by Gasteiger charge is -2.22. The predicted molar refractivity (Wildman–Crippen MR) is 93.6 cm³/mol. The molecule has 1 aliphatic heterocycles. The summed E-state index contributed by atoms with van der Waals surface area (Å²) in [5.41, 5.74) is 1.06. The maximum atomic E-state index is 13.4. The van der Waals surface area contributed by atoms with Crippen molar-refractivity contribution in [2.45, 2.75) is 25.4 Å². The van der Waals surface area contributed by atoms with Crippen LogP contribution in [0.25, 0.3) is 11.4 Å². The van der Waals surface area contributed by atoms with Crippen LogP contribution in [0.4, 0.5) is 8.78 Å². The van der Waals surface area contributed by atoms with E-state index in [1.807, 2.05) is 0 Å². The number of hydrogen-bond donors (Lipinski definition) is 0. The van der Waals surface area contributed by atoms with E-state index in [0.717, 1.165) is 6.07 Å². The molecule has 0 saturated carbocycles. The first-order valence-electron chi connectivity index (χ1n) is 8.33. The lowest BCUT2D eigenvalue weighted by molar-refractivity contribution is -0.130. The standard InChI is InChI=1S/C19H14ClF2N3O2/c20-13-3-1-2-12(8-13)18-23-19(27-24-18)16-4-5-17(26)25(16)10-11-6-14(21)9-15(22)7-11/h1-3,6-9,16H,4-5,10H2. The zero-order valence-electron chi connectivity index (χ0n) is 14.0. The van der Waals surface area contributed by atoms with Gasteiger partial charge in [0.2, 0.25) is 17.6 Å². The molecule has 1 saturated heterocycles. The second-order valence-electron chi connectivity index (χ2n) is 6.32. The molecule has 1 amide bonds.